The summed E-state index contributed by atoms with van der Waals surface area (Å²) < 4.78 is 17.5. The molecule has 7 heteroatoms. The van der Waals surface area contributed by atoms with Crippen molar-refractivity contribution in [1.29, 1.82) is 0 Å². The molecule has 0 aliphatic carbocycles. The van der Waals surface area contributed by atoms with Crippen LogP contribution in [-0.2, 0) is 13.0 Å². The van der Waals surface area contributed by atoms with Gasteiger partial charge in [-0.15, -0.1) is 11.3 Å². The van der Waals surface area contributed by atoms with Crippen LogP contribution in [0.4, 0.5) is 4.39 Å². The van der Waals surface area contributed by atoms with Crippen LogP contribution in [-0.4, -0.2) is 22.0 Å². The Labute approximate surface area is 174 Å². The fourth-order valence-electron chi connectivity index (χ4n) is 3.14. The summed E-state index contributed by atoms with van der Waals surface area (Å²) in [5.41, 5.74) is 3.25. The summed E-state index contributed by atoms with van der Waals surface area (Å²) in [6, 6.07) is 14.1. The van der Waals surface area contributed by atoms with Gasteiger partial charge in [-0.1, -0.05) is 18.2 Å². The molecule has 0 saturated heterocycles. The summed E-state index contributed by atoms with van der Waals surface area (Å²) in [5, 5.41) is 4.97. The second kappa shape index (κ2) is 8.24. The Morgan fingerprint density at radius 1 is 1.21 bits per heavy atom. The van der Waals surface area contributed by atoms with Gasteiger partial charge in [-0.3, -0.25) is 9.78 Å². The molecule has 0 fully saturated rings. The second-order valence-electron chi connectivity index (χ2n) is 6.37. The Balaban J connectivity index is 1.58. The molecule has 1 amide bonds. The van der Waals surface area contributed by atoms with Crippen molar-refractivity contribution >= 4 is 43.4 Å². The molecule has 4 rings (SSSR count). The molecule has 0 aliphatic rings. The van der Waals surface area contributed by atoms with E-state index in [0.29, 0.717) is 25.2 Å². The first-order valence-electron chi connectivity index (χ1n) is 8.80. The molecule has 28 heavy (non-hydrogen) atoms. The van der Waals surface area contributed by atoms with Crippen molar-refractivity contribution in [2.24, 2.45) is 0 Å². The van der Waals surface area contributed by atoms with Crippen LogP contribution in [0.1, 0.15) is 21.7 Å². The highest BCUT2D eigenvalue weighted by molar-refractivity contribution is 9.10. The van der Waals surface area contributed by atoms with Gasteiger partial charge < -0.3 is 9.88 Å². The van der Waals surface area contributed by atoms with E-state index in [1.165, 1.54) is 12.1 Å². The Bertz CT molecular complexity index is 1120. The molecular weight excluding hydrogens is 441 g/mol. The van der Waals surface area contributed by atoms with Gasteiger partial charge >= 0.3 is 0 Å². The van der Waals surface area contributed by atoms with Gasteiger partial charge in [0.15, 0.2) is 0 Å². The van der Waals surface area contributed by atoms with E-state index in [0.717, 1.165) is 25.9 Å². The number of hydrogen-bond acceptors (Lipinski definition) is 3. The van der Waals surface area contributed by atoms with Crippen LogP contribution in [0.15, 0.2) is 64.6 Å². The molecule has 1 aromatic carbocycles. The number of benzene rings is 1. The maximum atomic E-state index is 13.6. The number of hydrogen-bond donors (Lipinski definition) is 1. The topological polar surface area (TPSA) is 46.9 Å². The molecule has 4 aromatic rings. The minimum Gasteiger partial charge on any atom is -0.350 e. The molecule has 3 aromatic heterocycles. The van der Waals surface area contributed by atoms with E-state index in [2.05, 4.69) is 26.2 Å². The Morgan fingerprint density at radius 3 is 2.89 bits per heavy atom. The molecule has 0 radical (unpaired) electrons. The van der Waals surface area contributed by atoms with Crippen LogP contribution in [0.3, 0.4) is 0 Å². The van der Waals surface area contributed by atoms with Gasteiger partial charge in [0.25, 0.3) is 5.91 Å². The maximum Gasteiger partial charge on any atom is 0.267 e. The van der Waals surface area contributed by atoms with Crippen LogP contribution in [0, 0.1) is 5.82 Å². The van der Waals surface area contributed by atoms with Gasteiger partial charge in [-0.2, -0.15) is 0 Å². The quantitative estimate of drug-likeness (QED) is 0.441. The third-order valence-electron chi connectivity index (χ3n) is 4.43. The normalized spacial score (nSPS) is 11.1. The smallest absolute Gasteiger partial charge is 0.267 e. The van der Waals surface area contributed by atoms with Crippen molar-refractivity contribution in [3.8, 4) is 0 Å². The largest absolute Gasteiger partial charge is 0.350 e. The number of aromatic nitrogens is 2. The molecule has 0 saturated carbocycles. The molecule has 0 atom stereocenters. The summed E-state index contributed by atoms with van der Waals surface area (Å²) in [4.78, 5) is 17.1. The first-order valence-corrected chi connectivity index (χ1v) is 10.5. The first kappa shape index (κ1) is 18.8. The number of amides is 1. The average molecular weight is 458 g/mol. The highest BCUT2D eigenvalue weighted by Crippen LogP contribution is 2.33. The molecule has 0 bridgehead atoms. The zero-order chi connectivity index (χ0) is 19.5. The number of nitrogens with zero attached hydrogens (tertiary/aromatic N) is 2. The lowest BCUT2D eigenvalue weighted by molar-refractivity contribution is 0.0945. The SMILES string of the molecule is O=C(NCCc1ccccn1)c1cc2scc(Br)c2n1Cc1cccc(F)c1. The van der Waals surface area contributed by atoms with Gasteiger partial charge in [0, 0.05) is 36.8 Å². The predicted molar refractivity (Wildman–Crippen MR) is 113 cm³/mol. The fraction of sp³-hybridized carbons (Fsp3) is 0.143. The van der Waals surface area contributed by atoms with Gasteiger partial charge in [-0.25, -0.2) is 4.39 Å². The summed E-state index contributed by atoms with van der Waals surface area (Å²) in [6.45, 7) is 0.912. The Hall–Kier alpha value is -2.51. The van der Waals surface area contributed by atoms with E-state index in [1.54, 1.807) is 23.6 Å². The van der Waals surface area contributed by atoms with Crippen LogP contribution in [0.5, 0.6) is 0 Å². The number of carbonyl (C=O) groups excluding carboxylic acids is 1. The molecule has 1 N–H and O–H groups in total. The lowest BCUT2D eigenvalue weighted by Gasteiger charge is -2.12. The number of rotatable bonds is 6. The minimum atomic E-state index is -0.286. The van der Waals surface area contributed by atoms with Crippen molar-refractivity contribution < 1.29 is 9.18 Å². The molecule has 0 spiro atoms. The van der Waals surface area contributed by atoms with Crippen molar-refractivity contribution in [1.82, 2.24) is 14.9 Å². The van der Waals surface area contributed by atoms with Crippen LogP contribution < -0.4 is 5.32 Å². The van der Waals surface area contributed by atoms with Crippen LogP contribution in [0.25, 0.3) is 10.2 Å². The fourth-order valence-corrected chi connectivity index (χ4v) is 4.84. The lowest BCUT2D eigenvalue weighted by Crippen LogP contribution is -2.28. The third-order valence-corrected chi connectivity index (χ3v) is 6.26. The highest BCUT2D eigenvalue weighted by Gasteiger charge is 2.19. The first-order chi connectivity index (χ1) is 13.6. The van der Waals surface area contributed by atoms with Crippen molar-refractivity contribution in [2.45, 2.75) is 13.0 Å². The van der Waals surface area contributed by atoms with Crippen LogP contribution >= 0.6 is 27.3 Å². The van der Waals surface area contributed by atoms with Crippen molar-refractivity contribution in [3.05, 3.63) is 87.3 Å². The highest BCUT2D eigenvalue weighted by atomic mass is 79.9. The lowest BCUT2D eigenvalue weighted by atomic mass is 10.2. The molecular formula is C21H17BrFN3OS. The maximum absolute atomic E-state index is 13.6. The zero-order valence-electron chi connectivity index (χ0n) is 14.9. The Morgan fingerprint density at radius 2 is 2.11 bits per heavy atom. The van der Waals surface area contributed by atoms with Crippen molar-refractivity contribution in [3.63, 3.8) is 0 Å². The summed E-state index contributed by atoms with van der Waals surface area (Å²) >= 11 is 5.14. The van der Waals surface area contributed by atoms with E-state index < -0.39 is 0 Å². The summed E-state index contributed by atoms with van der Waals surface area (Å²) in [5.74, 6) is -0.436. The zero-order valence-corrected chi connectivity index (χ0v) is 17.3. The van der Waals surface area contributed by atoms with E-state index in [1.807, 2.05) is 40.3 Å². The molecule has 0 unspecified atom stereocenters. The standard InChI is InChI=1S/C21H17BrFN3OS/c22-17-13-28-19-11-18(21(27)25-9-7-16-6-1-2-8-24-16)26(20(17)19)12-14-4-3-5-15(23)10-14/h1-6,8,10-11,13H,7,9,12H2,(H,25,27). The molecule has 142 valence electrons. The van der Waals surface area contributed by atoms with Gasteiger partial charge in [0.05, 0.1) is 14.7 Å². The van der Waals surface area contributed by atoms with Crippen LogP contribution in [0.2, 0.25) is 0 Å². The number of nitrogens with one attached hydrogen (secondary N) is 1. The molecule has 4 nitrogen and oxygen atoms in total. The van der Waals surface area contributed by atoms with Gasteiger partial charge in [0.2, 0.25) is 0 Å². The predicted octanol–water partition coefficient (Wildman–Crippen LogP) is 5.02. The van der Waals surface area contributed by atoms with E-state index in [4.69, 9.17) is 0 Å². The van der Waals surface area contributed by atoms with E-state index in [9.17, 15) is 9.18 Å². The second-order valence-corrected chi connectivity index (χ2v) is 8.13. The number of thiophene rings is 1. The number of pyridine rings is 1. The third kappa shape index (κ3) is 4.00. The average Bonchev–Trinajstić information content (AvgIpc) is 3.23. The molecule has 3 heterocycles. The van der Waals surface area contributed by atoms with E-state index >= 15 is 0 Å². The van der Waals surface area contributed by atoms with Gasteiger partial charge in [0.1, 0.15) is 11.5 Å². The summed E-state index contributed by atoms with van der Waals surface area (Å²) in [6.07, 6.45) is 2.40. The monoisotopic (exact) mass is 457 g/mol. The minimum absolute atomic E-state index is 0.150. The van der Waals surface area contributed by atoms with Gasteiger partial charge in [-0.05, 0) is 51.8 Å². The Kier molecular flexibility index (Phi) is 5.54. The van der Waals surface area contributed by atoms with Crippen molar-refractivity contribution in [2.75, 3.05) is 6.54 Å². The number of halogens is 2. The summed E-state index contributed by atoms with van der Waals surface area (Å²) in [7, 11) is 0. The van der Waals surface area contributed by atoms with E-state index in [-0.39, 0.29) is 11.7 Å². The number of fused-ring (bicyclic) bond motifs is 1. The number of carbonyl (C=O) groups is 1. The molecule has 0 aliphatic heterocycles.